The van der Waals surface area contributed by atoms with E-state index in [1.54, 1.807) is 0 Å². The minimum absolute atomic E-state index is 0.171. The highest BCUT2D eigenvalue weighted by Crippen LogP contribution is 2.41. The van der Waals surface area contributed by atoms with Gasteiger partial charge in [-0.15, -0.1) is 0 Å². The molecule has 0 saturated carbocycles. The van der Waals surface area contributed by atoms with Gasteiger partial charge in [-0.2, -0.15) is 0 Å². The number of imide groups is 1. The predicted molar refractivity (Wildman–Crippen MR) is 93.4 cm³/mol. The number of rotatable bonds is 4. The zero-order chi connectivity index (χ0) is 17.4. The van der Waals surface area contributed by atoms with E-state index in [-0.39, 0.29) is 25.1 Å². The van der Waals surface area contributed by atoms with Gasteiger partial charge in [0.1, 0.15) is 17.9 Å². The average molecular weight is 336 g/mol. The summed E-state index contributed by atoms with van der Waals surface area (Å²) in [6, 6.07) is 15.2. The molecule has 128 valence electrons. The smallest absolute Gasteiger partial charge is 0.325 e. The van der Waals surface area contributed by atoms with E-state index in [0.29, 0.717) is 6.42 Å². The Morgan fingerprint density at radius 1 is 1.16 bits per heavy atom. The third-order valence-corrected chi connectivity index (χ3v) is 5.00. The molecule has 3 amide bonds. The molecule has 4 rings (SSSR count). The first-order valence-corrected chi connectivity index (χ1v) is 8.52. The van der Waals surface area contributed by atoms with E-state index >= 15 is 0 Å². The fourth-order valence-electron chi connectivity index (χ4n) is 3.75. The van der Waals surface area contributed by atoms with Crippen molar-refractivity contribution in [3.05, 3.63) is 65.2 Å². The van der Waals surface area contributed by atoms with Crippen LogP contribution in [-0.2, 0) is 16.8 Å². The van der Waals surface area contributed by atoms with Gasteiger partial charge in [-0.1, -0.05) is 36.4 Å². The highest BCUT2D eigenvalue weighted by atomic mass is 16.5. The largest absolute Gasteiger partial charge is 0.492 e. The minimum atomic E-state index is -0.892. The van der Waals surface area contributed by atoms with Crippen LogP contribution in [0, 0.1) is 6.92 Å². The molecule has 5 nitrogen and oxygen atoms in total. The van der Waals surface area contributed by atoms with Crippen LogP contribution in [0.1, 0.15) is 23.1 Å². The van der Waals surface area contributed by atoms with E-state index in [4.69, 9.17) is 4.74 Å². The Morgan fingerprint density at radius 2 is 2.00 bits per heavy atom. The molecule has 1 saturated heterocycles. The lowest BCUT2D eigenvalue weighted by atomic mass is 9.92. The summed E-state index contributed by atoms with van der Waals surface area (Å²) in [6.45, 7) is 2.51. The third-order valence-electron chi connectivity index (χ3n) is 5.00. The Labute approximate surface area is 146 Å². The lowest BCUT2D eigenvalue weighted by Gasteiger charge is -2.22. The Bertz CT molecular complexity index is 848. The number of nitrogens with one attached hydrogen (secondary N) is 1. The number of amides is 3. The lowest BCUT2D eigenvalue weighted by molar-refractivity contribution is -0.131. The summed E-state index contributed by atoms with van der Waals surface area (Å²) in [6.07, 6.45) is 1.42. The van der Waals surface area contributed by atoms with Gasteiger partial charge in [-0.05, 0) is 48.6 Å². The summed E-state index contributed by atoms with van der Waals surface area (Å²) in [5, 5.41) is 2.92. The summed E-state index contributed by atoms with van der Waals surface area (Å²) < 4.78 is 5.69. The van der Waals surface area contributed by atoms with E-state index in [2.05, 4.69) is 5.32 Å². The molecular formula is C20H20N2O3. The second-order valence-corrected chi connectivity index (χ2v) is 6.61. The van der Waals surface area contributed by atoms with Crippen molar-refractivity contribution in [2.24, 2.45) is 0 Å². The highest BCUT2D eigenvalue weighted by Gasteiger charge is 2.54. The number of nitrogens with zero attached hydrogens (tertiary/aromatic N) is 1. The maximum atomic E-state index is 13.0. The van der Waals surface area contributed by atoms with E-state index in [0.717, 1.165) is 28.9 Å². The van der Waals surface area contributed by atoms with Crippen LogP contribution in [-0.4, -0.2) is 30.0 Å². The molecule has 1 heterocycles. The summed E-state index contributed by atoms with van der Waals surface area (Å²) in [5.74, 6) is 0.572. The van der Waals surface area contributed by atoms with Crippen LogP contribution >= 0.6 is 0 Å². The van der Waals surface area contributed by atoms with Crippen LogP contribution in [0.25, 0.3) is 0 Å². The van der Waals surface area contributed by atoms with Gasteiger partial charge in [0.25, 0.3) is 5.91 Å². The van der Waals surface area contributed by atoms with Crippen molar-refractivity contribution in [2.75, 3.05) is 13.2 Å². The van der Waals surface area contributed by atoms with Gasteiger partial charge in [-0.3, -0.25) is 9.69 Å². The maximum absolute atomic E-state index is 13.0. The molecule has 5 heteroatoms. The zero-order valence-corrected chi connectivity index (χ0v) is 14.1. The zero-order valence-electron chi connectivity index (χ0n) is 14.1. The fraction of sp³-hybridized carbons (Fsp3) is 0.300. The first kappa shape index (κ1) is 15.7. The van der Waals surface area contributed by atoms with Crippen LogP contribution in [0.5, 0.6) is 5.75 Å². The third kappa shape index (κ3) is 2.56. The van der Waals surface area contributed by atoms with Gasteiger partial charge in [0, 0.05) is 0 Å². The second-order valence-electron chi connectivity index (χ2n) is 6.61. The molecule has 25 heavy (non-hydrogen) atoms. The van der Waals surface area contributed by atoms with E-state index in [1.807, 2.05) is 55.5 Å². The number of ether oxygens (including phenoxy) is 1. The van der Waals surface area contributed by atoms with Gasteiger partial charge in [-0.25, -0.2) is 4.79 Å². The van der Waals surface area contributed by atoms with E-state index in [9.17, 15) is 9.59 Å². The fourth-order valence-corrected chi connectivity index (χ4v) is 3.75. The molecule has 0 bridgehead atoms. The molecular weight excluding hydrogens is 316 g/mol. The van der Waals surface area contributed by atoms with Crippen LogP contribution in [0.15, 0.2) is 48.5 Å². The number of hydrogen-bond acceptors (Lipinski definition) is 3. The van der Waals surface area contributed by atoms with Crippen molar-refractivity contribution in [3.63, 3.8) is 0 Å². The van der Waals surface area contributed by atoms with Crippen molar-refractivity contribution >= 4 is 11.9 Å². The van der Waals surface area contributed by atoms with Crippen molar-refractivity contribution < 1.29 is 14.3 Å². The summed E-state index contributed by atoms with van der Waals surface area (Å²) >= 11 is 0. The maximum Gasteiger partial charge on any atom is 0.325 e. The molecule has 0 aromatic heterocycles. The Balaban J connectivity index is 1.47. The molecule has 2 aromatic rings. The van der Waals surface area contributed by atoms with Crippen molar-refractivity contribution in [1.29, 1.82) is 0 Å². The standard InChI is InChI=1S/C20H20N2O3/c1-14-5-4-7-16(13-14)25-12-11-22-18(23)20(21-19(22)24)10-9-15-6-2-3-8-17(15)20/h2-8,13H,9-12H2,1H3,(H,21,24). The normalized spacial score (nSPS) is 21.6. The van der Waals surface area contributed by atoms with Gasteiger partial charge >= 0.3 is 6.03 Å². The van der Waals surface area contributed by atoms with Crippen LogP contribution < -0.4 is 10.1 Å². The lowest BCUT2D eigenvalue weighted by Crippen LogP contribution is -2.42. The van der Waals surface area contributed by atoms with E-state index in [1.165, 1.54) is 4.90 Å². The number of carbonyl (C=O) groups is 2. The molecule has 1 aliphatic carbocycles. The first-order chi connectivity index (χ1) is 12.1. The molecule has 1 fully saturated rings. The number of benzene rings is 2. The Morgan fingerprint density at radius 3 is 2.84 bits per heavy atom. The van der Waals surface area contributed by atoms with Crippen molar-refractivity contribution in [3.8, 4) is 5.75 Å². The van der Waals surface area contributed by atoms with E-state index < -0.39 is 5.54 Å². The minimum Gasteiger partial charge on any atom is -0.492 e. The number of urea groups is 1. The monoisotopic (exact) mass is 336 g/mol. The van der Waals surface area contributed by atoms with Gasteiger partial charge < -0.3 is 10.1 Å². The molecule has 1 aliphatic heterocycles. The highest BCUT2D eigenvalue weighted by molar-refractivity contribution is 6.08. The average Bonchev–Trinajstić information content (AvgIpc) is 3.09. The van der Waals surface area contributed by atoms with Crippen LogP contribution in [0.3, 0.4) is 0 Å². The quantitative estimate of drug-likeness (QED) is 0.874. The summed E-state index contributed by atoms with van der Waals surface area (Å²) in [5.41, 5.74) is 2.27. The van der Waals surface area contributed by atoms with Crippen molar-refractivity contribution in [1.82, 2.24) is 10.2 Å². The first-order valence-electron chi connectivity index (χ1n) is 8.52. The van der Waals surface area contributed by atoms with Gasteiger partial charge in [0.15, 0.2) is 0 Å². The molecule has 1 atom stereocenters. The predicted octanol–water partition coefficient (Wildman–Crippen LogP) is 2.77. The summed E-state index contributed by atoms with van der Waals surface area (Å²) in [7, 11) is 0. The molecule has 1 spiro atoms. The number of hydrogen-bond donors (Lipinski definition) is 1. The van der Waals surface area contributed by atoms with Gasteiger partial charge in [0.2, 0.25) is 0 Å². The van der Waals surface area contributed by atoms with Crippen molar-refractivity contribution in [2.45, 2.75) is 25.3 Å². The number of aryl methyl sites for hydroxylation is 2. The van der Waals surface area contributed by atoms with Crippen LogP contribution in [0.4, 0.5) is 4.79 Å². The topological polar surface area (TPSA) is 58.6 Å². The number of carbonyl (C=O) groups excluding carboxylic acids is 2. The molecule has 0 radical (unpaired) electrons. The summed E-state index contributed by atoms with van der Waals surface area (Å²) in [4.78, 5) is 26.7. The molecule has 2 aromatic carbocycles. The van der Waals surface area contributed by atoms with Gasteiger partial charge in [0.05, 0.1) is 6.54 Å². The SMILES string of the molecule is Cc1cccc(OCCN2C(=O)NC3(CCc4ccccc43)C2=O)c1. The number of fused-ring (bicyclic) bond motifs is 2. The second kappa shape index (κ2) is 5.92. The molecule has 1 unspecified atom stereocenters. The Hall–Kier alpha value is -2.82. The molecule has 1 N–H and O–H groups in total. The Kier molecular flexibility index (Phi) is 3.71. The molecule has 2 aliphatic rings. The van der Waals surface area contributed by atoms with Crippen LogP contribution in [0.2, 0.25) is 0 Å².